The van der Waals surface area contributed by atoms with Gasteiger partial charge in [0.25, 0.3) is 5.56 Å². The highest BCUT2D eigenvalue weighted by atomic mass is 35.5. The Morgan fingerprint density at radius 3 is 2.36 bits per heavy atom. The number of aromatic nitrogens is 2. The molecule has 140 valence electrons. The summed E-state index contributed by atoms with van der Waals surface area (Å²) in [7, 11) is 0. The minimum absolute atomic E-state index is 0.199. The summed E-state index contributed by atoms with van der Waals surface area (Å²) in [6, 6.07) is 0. The quantitative estimate of drug-likeness (QED) is 0.819. The zero-order valence-corrected chi connectivity index (χ0v) is 16.6. The first-order valence-electron chi connectivity index (χ1n) is 8.92. The molecular weight excluding hydrogens is 340 g/mol. The fourth-order valence-electron chi connectivity index (χ4n) is 2.89. The summed E-state index contributed by atoms with van der Waals surface area (Å²) in [6.45, 7) is 12.6. The lowest BCUT2D eigenvalue weighted by Crippen LogP contribution is -2.49. The molecular formula is C18H29ClN4O2. The van der Waals surface area contributed by atoms with Crippen LogP contribution in [-0.4, -0.2) is 46.8 Å². The predicted molar refractivity (Wildman–Crippen MR) is 101 cm³/mol. The monoisotopic (exact) mass is 368 g/mol. The lowest BCUT2D eigenvalue weighted by atomic mass is 10.1. The van der Waals surface area contributed by atoms with Gasteiger partial charge < -0.3 is 9.80 Å². The molecule has 25 heavy (non-hydrogen) atoms. The van der Waals surface area contributed by atoms with Crippen LogP contribution in [0, 0.1) is 5.92 Å². The largest absolute Gasteiger partial charge is 0.365 e. The van der Waals surface area contributed by atoms with E-state index < -0.39 is 5.54 Å². The zero-order valence-electron chi connectivity index (χ0n) is 15.9. The summed E-state index contributed by atoms with van der Waals surface area (Å²) in [5.41, 5.74) is -0.0376. The third-order valence-electron chi connectivity index (χ3n) is 4.44. The van der Waals surface area contributed by atoms with Crippen LogP contribution in [0.25, 0.3) is 0 Å². The highest BCUT2D eigenvalue weighted by Crippen LogP contribution is 2.24. The van der Waals surface area contributed by atoms with Crippen LogP contribution in [0.3, 0.4) is 0 Å². The van der Waals surface area contributed by atoms with Crippen LogP contribution in [0.2, 0.25) is 5.02 Å². The van der Waals surface area contributed by atoms with E-state index in [2.05, 4.69) is 18.9 Å². The topological polar surface area (TPSA) is 58.4 Å². The summed E-state index contributed by atoms with van der Waals surface area (Å²) in [5.74, 6) is 0.741. The number of piperazine rings is 1. The molecule has 1 aliphatic heterocycles. The number of hydrogen-bond donors (Lipinski definition) is 0. The standard InChI is InChI=1S/C18H29ClN4O2/c1-13(2)6-7-15(24)22-10-8-21(9-11-22)14-12-20-23(18(3,4)5)17(25)16(14)19/h12-13H,6-11H2,1-5H3. The highest BCUT2D eigenvalue weighted by Gasteiger charge is 2.25. The Balaban J connectivity index is 2.05. The average molecular weight is 369 g/mol. The summed E-state index contributed by atoms with van der Waals surface area (Å²) >= 11 is 6.33. The molecule has 2 heterocycles. The number of carbonyl (C=O) groups is 1. The third kappa shape index (κ3) is 4.75. The van der Waals surface area contributed by atoms with Crippen molar-refractivity contribution in [3.05, 3.63) is 21.6 Å². The number of halogens is 1. The lowest BCUT2D eigenvalue weighted by Gasteiger charge is -2.36. The van der Waals surface area contributed by atoms with Crippen molar-refractivity contribution in [1.82, 2.24) is 14.7 Å². The van der Waals surface area contributed by atoms with Gasteiger partial charge in [0.05, 0.1) is 17.4 Å². The minimum atomic E-state index is -0.416. The van der Waals surface area contributed by atoms with E-state index in [1.54, 1.807) is 6.20 Å². The fourth-order valence-corrected chi connectivity index (χ4v) is 3.14. The van der Waals surface area contributed by atoms with Crippen LogP contribution in [-0.2, 0) is 10.3 Å². The van der Waals surface area contributed by atoms with Gasteiger partial charge in [0.1, 0.15) is 5.02 Å². The van der Waals surface area contributed by atoms with Crippen molar-refractivity contribution in [3.8, 4) is 0 Å². The van der Waals surface area contributed by atoms with Gasteiger partial charge in [0, 0.05) is 32.6 Å². The fraction of sp³-hybridized carbons (Fsp3) is 0.722. The molecule has 0 radical (unpaired) electrons. The Morgan fingerprint density at radius 2 is 1.84 bits per heavy atom. The Morgan fingerprint density at radius 1 is 1.24 bits per heavy atom. The van der Waals surface area contributed by atoms with E-state index in [0.29, 0.717) is 44.2 Å². The van der Waals surface area contributed by atoms with Crippen molar-refractivity contribution in [2.24, 2.45) is 5.92 Å². The summed E-state index contributed by atoms with van der Waals surface area (Å²) in [4.78, 5) is 28.7. The first-order valence-corrected chi connectivity index (χ1v) is 9.30. The Kier molecular flexibility index (Phi) is 6.14. The summed E-state index contributed by atoms with van der Waals surface area (Å²) < 4.78 is 1.41. The van der Waals surface area contributed by atoms with Gasteiger partial charge in [0.15, 0.2) is 0 Å². The molecule has 0 spiro atoms. The Labute approximate surface area is 154 Å². The third-order valence-corrected chi connectivity index (χ3v) is 4.80. The molecule has 0 bridgehead atoms. The van der Waals surface area contributed by atoms with Crippen LogP contribution in [0.4, 0.5) is 5.69 Å². The van der Waals surface area contributed by atoms with Crippen molar-refractivity contribution in [2.45, 2.75) is 53.0 Å². The summed E-state index contributed by atoms with van der Waals surface area (Å²) in [6.07, 6.45) is 3.17. The Bertz CT molecular complexity index is 671. The van der Waals surface area contributed by atoms with Crippen molar-refractivity contribution in [2.75, 3.05) is 31.1 Å². The maximum absolute atomic E-state index is 12.5. The second-order valence-corrected chi connectivity index (χ2v) is 8.41. The van der Waals surface area contributed by atoms with E-state index in [1.807, 2.05) is 30.6 Å². The molecule has 7 heteroatoms. The molecule has 0 unspecified atom stereocenters. The molecule has 0 aromatic carbocycles. The molecule has 1 saturated heterocycles. The molecule has 1 aliphatic rings. The molecule has 0 aliphatic carbocycles. The second kappa shape index (κ2) is 7.77. The van der Waals surface area contributed by atoms with Crippen molar-refractivity contribution in [3.63, 3.8) is 0 Å². The van der Waals surface area contributed by atoms with Crippen LogP contribution in [0.1, 0.15) is 47.5 Å². The normalized spacial score (nSPS) is 15.8. The van der Waals surface area contributed by atoms with E-state index in [1.165, 1.54) is 4.68 Å². The van der Waals surface area contributed by atoms with Gasteiger partial charge in [-0.2, -0.15) is 5.10 Å². The van der Waals surface area contributed by atoms with Crippen molar-refractivity contribution >= 4 is 23.2 Å². The van der Waals surface area contributed by atoms with Crippen molar-refractivity contribution in [1.29, 1.82) is 0 Å². The zero-order chi connectivity index (χ0) is 18.8. The lowest BCUT2D eigenvalue weighted by molar-refractivity contribution is -0.131. The van der Waals surface area contributed by atoms with Gasteiger partial charge >= 0.3 is 0 Å². The van der Waals surface area contributed by atoms with Gasteiger partial charge in [0.2, 0.25) is 5.91 Å². The van der Waals surface area contributed by atoms with E-state index in [0.717, 1.165) is 6.42 Å². The van der Waals surface area contributed by atoms with E-state index in [4.69, 9.17) is 11.6 Å². The van der Waals surface area contributed by atoms with Gasteiger partial charge in [-0.05, 0) is 33.1 Å². The maximum atomic E-state index is 12.5. The van der Waals surface area contributed by atoms with Crippen LogP contribution in [0.15, 0.2) is 11.0 Å². The SMILES string of the molecule is CC(C)CCC(=O)N1CCN(c2cnn(C(C)(C)C)c(=O)c2Cl)CC1. The summed E-state index contributed by atoms with van der Waals surface area (Å²) in [5, 5.41) is 4.48. The van der Waals surface area contributed by atoms with Crippen LogP contribution >= 0.6 is 11.6 Å². The molecule has 1 aromatic heterocycles. The molecule has 1 amide bonds. The first kappa shape index (κ1) is 19.8. The first-order chi connectivity index (χ1) is 11.6. The second-order valence-electron chi connectivity index (χ2n) is 8.03. The number of rotatable bonds is 4. The van der Waals surface area contributed by atoms with Crippen molar-refractivity contribution < 1.29 is 4.79 Å². The molecule has 1 fully saturated rings. The van der Waals surface area contributed by atoms with Gasteiger partial charge in [-0.15, -0.1) is 0 Å². The van der Waals surface area contributed by atoms with Gasteiger partial charge in [-0.3, -0.25) is 9.59 Å². The number of carbonyl (C=O) groups excluding carboxylic acids is 1. The average Bonchev–Trinajstić information content (AvgIpc) is 2.54. The van der Waals surface area contributed by atoms with Gasteiger partial charge in [-0.25, -0.2) is 4.68 Å². The van der Waals surface area contributed by atoms with E-state index in [-0.39, 0.29) is 16.5 Å². The molecule has 0 saturated carbocycles. The highest BCUT2D eigenvalue weighted by molar-refractivity contribution is 6.33. The smallest absolute Gasteiger partial charge is 0.288 e. The molecule has 0 N–H and O–H groups in total. The minimum Gasteiger partial charge on any atom is -0.365 e. The number of nitrogens with zero attached hydrogens (tertiary/aromatic N) is 4. The molecule has 2 rings (SSSR count). The Hall–Kier alpha value is -1.56. The number of anilines is 1. The predicted octanol–water partition coefficient (Wildman–Crippen LogP) is 2.74. The van der Waals surface area contributed by atoms with Gasteiger partial charge in [-0.1, -0.05) is 25.4 Å². The maximum Gasteiger partial charge on any atom is 0.288 e. The number of hydrogen-bond acceptors (Lipinski definition) is 4. The van der Waals surface area contributed by atoms with E-state index >= 15 is 0 Å². The molecule has 0 atom stereocenters. The van der Waals surface area contributed by atoms with Crippen LogP contribution < -0.4 is 10.5 Å². The van der Waals surface area contributed by atoms with E-state index in [9.17, 15) is 9.59 Å². The molecule has 6 nitrogen and oxygen atoms in total. The molecule has 1 aromatic rings. The number of amides is 1. The van der Waals surface area contributed by atoms with Crippen LogP contribution in [0.5, 0.6) is 0 Å².